The van der Waals surface area contributed by atoms with E-state index in [1.54, 1.807) is 13.2 Å². The van der Waals surface area contributed by atoms with E-state index < -0.39 is 5.97 Å². The van der Waals surface area contributed by atoms with Gasteiger partial charge in [0.15, 0.2) is 0 Å². The first kappa shape index (κ1) is 18.3. The van der Waals surface area contributed by atoms with Crippen molar-refractivity contribution >= 4 is 11.7 Å². The summed E-state index contributed by atoms with van der Waals surface area (Å²) >= 11 is 0. The fraction of sp³-hybridized carbons (Fsp3) is 0.182. The van der Waals surface area contributed by atoms with Gasteiger partial charge in [-0.15, -0.1) is 0 Å². The molecule has 0 unspecified atom stereocenters. The Balaban J connectivity index is 2.06. The van der Waals surface area contributed by atoms with Crippen LogP contribution in [0.3, 0.4) is 0 Å². The Bertz CT molecular complexity index is 1020. The van der Waals surface area contributed by atoms with E-state index in [4.69, 9.17) is 11.3 Å². The fourth-order valence-corrected chi connectivity index (χ4v) is 3.12. The van der Waals surface area contributed by atoms with E-state index in [-0.39, 0.29) is 11.8 Å². The SMILES string of the molecule is [C-]#[N+]c1cn(C)c(C(=O)O)c1-c1ccc(-c2ccccc2OC(C)C)cc1. The first-order valence-electron chi connectivity index (χ1n) is 8.59. The summed E-state index contributed by atoms with van der Waals surface area (Å²) in [4.78, 5) is 15.1. The van der Waals surface area contributed by atoms with Crippen LogP contribution >= 0.6 is 0 Å². The summed E-state index contributed by atoms with van der Waals surface area (Å²) in [6.45, 7) is 11.3. The normalized spacial score (nSPS) is 10.6. The van der Waals surface area contributed by atoms with Crippen LogP contribution in [0.2, 0.25) is 0 Å². The van der Waals surface area contributed by atoms with Crippen molar-refractivity contribution in [3.63, 3.8) is 0 Å². The lowest BCUT2D eigenvalue weighted by molar-refractivity contribution is 0.0687. The second-order valence-electron chi connectivity index (χ2n) is 6.51. The number of rotatable bonds is 5. The lowest BCUT2D eigenvalue weighted by Gasteiger charge is -2.14. The molecule has 0 bridgehead atoms. The molecule has 3 rings (SSSR count). The maximum Gasteiger partial charge on any atom is 0.351 e. The van der Waals surface area contributed by atoms with E-state index in [2.05, 4.69) is 4.85 Å². The average molecular weight is 360 g/mol. The van der Waals surface area contributed by atoms with Crippen LogP contribution in [0.4, 0.5) is 5.69 Å². The van der Waals surface area contributed by atoms with Gasteiger partial charge in [0.1, 0.15) is 11.4 Å². The van der Waals surface area contributed by atoms with Crippen LogP contribution in [0.5, 0.6) is 5.75 Å². The average Bonchev–Trinajstić information content (AvgIpc) is 2.98. The molecule has 0 fully saturated rings. The fourth-order valence-electron chi connectivity index (χ4n) is 3.12. The molecule has 0 saturated heterocycles. The molecule has 0 aliphatic rings. The molecule has 3 aromatic rings. The molecule has 0 spiro atoms. The highest BCUT2D eigenvalue weighted by atomic mass is 16.5. The molecular formula is C22H20N2O3. The topological polar surface area (TPSA) is 55.8 Å². The number of nitrogens with zero attached hydrogens (tertiary/aromatic N) is 2. The summed E-state index contributed by atoms with van der Waals surface area (Å²) in [5, 5.41) is 9.53. The molecule has 27 heavy (non-hydrogen) atoms. The predicted molar refractivity (Wildman–Crippen MR) is 105 cm³/mol. The number of aryl methyl sites for hydroxylation is 1. The summed E-state index contributed by atoms with van der Waals surface area (Å²) in [5.41, 5.74) is 3.51. The van der Waals surface area contributed by atoms with Gasteiger partial charge in [0.25, 0.3) is 0 Å². The first-order chi connectivity index (χ1) is 12.9. The van der Waals surface area contributed by atoms with E-state index in [0.717, 1.165) is 16.9 Å². The standard InChI is InChI=1S/C22H20N2O3/c1-14(2)27-19-8-6-5-7-17(19)15-9-11-16(12-10-15)20-18(23-3)13-24(4)21(20)22(25)26/h5-14H,1-2,4H3,(H,25,26). The molecule has 1 N–H and O–H groups in total. The van der Waals surface area contributed by atoms with Crippen molar-refractivity contribution in [2.45, 2.75) is 20.0 Å². The monoisotopic (exact) mass is 360 g/mol. The summed E-state index contributed by atoms with van der Waals surface area (Å²) < 4.78 is 7.36. The first-order valence-corrected chi connectivity index (χ1v) is 8.59. The molecule has 0 aliphatic heterocycles. The number of carboxylic acid groups (broad SMARTS) is 1. The Labute approximate surface area is 158 Å². The van der Waals surface area contributed by atoms with Gasteiger partial charge < -0.3 is 14.4 Å². The minimum absolute atomic E-state index is 0.0640. The third kappa shape index (κ3) is 3.56. The molecule has 0 saturated carbocycles. The molecule has 0 atom stereocenters. The van der Waals surface area contributed by atoms with Crippen molar-refractivity contribution in [2.75, 3.05) is 0 Å². The Morgan fingerprint density at radius 1 is 1.11 bits per heavy atom. The summed E-state index contributed by atoms with van der Waals surface area (Å²) in [6.07, 6.45) is 1.61. The zero-order chi connectivity index (χ0) is 19.6. The van der Waals surface area contributed by atoms with Crippen molar-refractivity contribution in [3.8, 4) is 28.0 Å². The Morgan fingerprint density at radius 3 is 2.33 bits per heavy atom. The van der Waals surface area contributed by atoms with E-state index in [1.165, 1.54) is 4.57 Å². The number of carbonyl (C=O) groups is 1. The van der Waals surface area contributed by atoms with E-state index in [0.29, 0.717) is 16.8 Å². The zero-order valence-corrected chi connectivity index (χ0v) is 15.4. The zero-order valence-electron chi connectivity index (χ0n) is 15.4. The van der Waals surface area contributed by atoms with Crippen LogP contribution in [0.15, 0.2) is 54.7 Å². The van der Waals surface area contributed by atoms with Crippen LogP contribution < -0.4 is 4.74 Å². The van der Waals surface area contributed by atoms with Crippen molar-refractivity contribution in [1.82, 2.24) is 4.57 Å². The molecule has 136 valence electrons. The van der Waals surface area contributed by atoms with Gasteiger partial charge in [0.2, 0.25) is 5.69 Å². The molecule has 2 aromatic carbocycles. The predicted octanol–water partition coefficient (Wildman–Crippen LogP) is 5.40. The summed E-state index contributed by atoms with van der Waals surface area (Å²) in [7, 11) is 1.63. The van der Waals surface area contributed by atoms with E-state index >= 15 is 0 Å². The molecule has 0 radical (unpaired) electrons. The lowest BCUT2D eigenvalue weighted by atomic mass is 9.99. The van der Waals surface area contributed by atoms with Crippen LogP contribution in [0.25, 0.3) is 27.1 Å². The molecule has 5 nitrogen and oxygen atoms in total. The highest BCUT2D eigenvalue weighted by Crippen LogP contribution is 2.37. The molecule has 1 aromatic heterocycles. The van der Waals surface area contributed by atoms with Gasteiger partial charge in [-0.25, -0.2) is 9.64 Å². The second-order valence-corrected chi connectivity index (χ2v) is 6.51. The smallest absolute Gasteiger partial charge is 0.351 e. The second kappa shape index (κ2) is 7.38. The van der Waals surface area contributed by atoms with Crippen molar-refractivity contribution < 1.29 is 14.6 Å². The van der Waals surface area contributed by atoms with Crippen molar-refractivity contribution in [3.05, 3.63) is 71.8 Å². The number of hydrogen-bond acceptors (Lipinski definition) is 2. The molecule has 1 heterocycles. The highest BCUT2D eigenvalue weighted by molar-refractivity contribution is 5.99. The minimum Gasteiger partial charge on any atom is -0.490 e. The van der Waals surface area contributed by atoms with Crippen LogP contribution in [0, 0.1) is 6.57 Å². The maximum atomic E-state index is 11.6. The highest BCUT2D eigenvalue weighted by Gasteiger charge is 2.21. The number of para-hydroxylation sites is 1. The van der Waals surface area contributed by atoms with Gasteiger partial charge in [-0.2, -0.15) is 0 Å². The third-order valence-electron chi connectivity index (χ3n) is 4.22. The van der Waals surface area contributed by atoms with Crippen molar-refractivity contribution in [1.29, 1.82) is 0 Å². The summed E-state index contributed by atoms with van der Waals surface area (Å²) in [5.74, 6) is -0.254. The largest absolute Gasteiger partial charge is 0.490 e. The number of aromatic nitrogens is 1. The number of ether oxygens (including phenoxy) is 1. The van der Waals surface area contributed by atoms with Crippen molar-refractivity contribution in [2.24, 2.45) is 7.05 Å². The summed E-state index contributed by atoms with van der Waals surface area (Å²) in [6, 6.07) is 15.3. The Kier molecular flexibility index (Phi) is 5.00. The Morgan fingerprint density at radius 2 is 1.74 bits per heavy atom. The molecule has 0 amide bonds. The number of hydrogen-bond donors (Lipinski definition) is 1. The molecule has 5 heteroatoms. The van der Waals surface area contributed by atoms with Gasteiger partial charge in [-0.1, -0.05) is 42.5 Å². The quantitative estimate of drug-likeness (QED) is 0.620. The van der Waals surface area contributed by atoms with Crippen LogP contribution in [-0.2, 0) is 7.05 Å². The van der Waals surface area contributed by atoms with E-state index in [1.807, 2.05) is 62.4 Å². The Hall–Kier alpha value is -3.52. The van der Waals surface area contributed by atoms with Crippen LogP contribution in [0.1, 0.15) is 24.3 Å². The van der Waals surface area contributed by atoms with Gasteiger partial charge in [0.05, 0.1) is 12.7 Å². The number of carboxylic acids is 1. The van der Waals surface area contributed by atoms with Gasteiger partial charge in [0, 0.05) is 24.4 Å². The number of benzene rings is 2. The van der Waals surface area contributed by atoms with Gasteiger partial charge in [-0.3, -0.25) is 0 Å². The van der Waals surface area contributed by atoms with Gasteiger partial charge >= 0.3 is 5.97 Å². The third-order valence-corrected chi connectivity index (χ3v) is 4.22. The lowest BCUT2D eigenvalue weighted by Crippen LogP contribution is -2.06. The van der Waals surface area contributed by atoms with Gasteiger partial charge in [-0.05, 0) is 31.0 Å². The maximum absolute atomic E-state index is 11.6. The van der Waals surface area contributed by atoms with E-state index in [9.17, 15) is 9.90 Å². The molecule has 0 aliphatic carbocycles. The van der Waals surface area contributed by atoms with Crippen LogP contribution in [-0.4, -0.2) is 21.7 Å². The molecular weight excluding hydrogens is 340 g/mol. The minimum atomic E-state index is -1.05. The number of aromatic carboxylic acids is 1.